The van der Waals surface area contributed by atoms with Crippen LogP contribution in [0.15, 0.2) is 109 Å². The van der Waals surface area contributed by atoms with Crippen LogP contribution in [0.5, 0.6) is 0 Å². The zero-order chi connectivity index (χ0) is 35.8. The van der Waals surface area contributed by atoms with Gasteiger partial charge in [0.2, 0.25) is 0 Å². The number of rotatable bonds is 5. The van der Waals surface area contributed by atoms with Gasteiger partial charge in [0.1, 0.15) is 0 Å². The van der Waals surface area contributed by atoms with Gasteiger partial charge >= 0.3 is 112 Å². The van der Waals surface area contributed by atoms with Crippen LogP contribution in [-0.2, 0) is 26.3 Å². The number of fused-ring (bicyclic) bond motifs is 3. The van der Waals surface area contributed by atoms with Crippen molar-refractivity contribution in [2.75, 3.05) is 0 Å². The summed E-state index contributed by atoms with van der Waals surface area (Å²) >= 11 is -0.344. The first-order chi connectivity index (χ1) is 23.6. The molecule has 2 nitrogen and oxygen atoms in total. The van der Waals surface area contributed by atoms with E-state index in [0.29, 0.717) is 11.1 Å². The summed E-state index contributed by atoms with van der Waals surface area (Å²) < 4.78 is 51.9. The average molecular weight is 925 g/mol. The summed E-state index contributed by atoms with van der Waals surface area (Å²) in [6, 6.07) is 35.6. The van der Waals surface area contributed by atoms with Gasteiger partial charge in [0.05, 0.1) is 5.56 Å². The van der Waals surface area contributed by atoms with Gasteiger partial charge in [-0.25, -0.2) is 0 Å². The van der Waals surface area contributed by atoms with Gasteiger partial charge in [-0.3, -0.25) is 0 Å². The van der Waals surface area contributed by atoms with Crippen LogP contribution in [0.4, 0.5) is 13.2 Å². The second kappa shape index (κ2) is 15.3. The van der Waals surface area contributed by atoms with Crippen molar-refractivity contribution in [3.63, 3.8) is 0 Å². The Morgan fingerprint density at radius 3 is 2.26 bits per heavy atom. The zero-order valence-corrected chi connectivity index (χ0v) is 34.0. The summed E-state index contributed by atoms with van der Waals surface area (Å²) in [4.78, 5) is 9.12. The third-order valence-corrected chi connectivity index (χ3v) is 14.3. The van der Waals surface area contributed by atoms with Crippen LogP contribution in [0.2, 0.25) is 17.3 Å². The van der Waals surface area contributed by atoms with Crippen molar-refractivity contribution in [2.24, 2.45) is 0 Å². The Bertz CT molecular complexity index is 2310. The molecule has 7 rings (SSSR count). The molecule has 3 aromatic heterocycles. The monoisotopic (exact) mass is 926 g/mol. The van der Waals surface area contributed by atoms with Gasteiger partial charge in [-0.15, -0.1) is 23.8 Å². The molecule has 1 radical (unpaired) electrons. The SMILES string of the molecule is Cc1cc(-c2[c-]cccc2)nc[c]1[Ge]([CH3])([CH3])[CH3].[2H]C(C)(c1cccc(C)c1)c1ccnc(-c2[c-]ccc3c2sc2ccc(C(F)(F)F)cc23)c1.[Ir]. The second-order valence-electron chi connectivity index (χ2n) is 13.2. The summed E-state index contributed by atoms with van der Waals surface area (Å²) in [5.41, 5.74) is 6.93. The van der Waals surface area contributed by atoms with Crippen LogP contribution in [0.1, 0.15) is 42.0 Å². The first-order valence-corrected chi connectivity index (χ1v) is 24.2. The maximum Gasteiger partial charge on any atom is 0.416 e. The van der Waals surface area contributed by atoms with Gasteiger partial charge in [0, 0.05) is 38.3 Å². The first kappa shape index (κ1) is 36.2. The predicted molar refractivity (Wildman–Crippen MR) is 201 cm³/mol. The van der Waals surface area contributed by atoms with Crippen molar-refractivity contribution < 1.29 is 34.6 Å². The van der Waals surface area contributed by atoms with Crippen molar-refractivity contribution in [3.05, 3.63) is 149 Å². The van der Waals surface area contributed by atoms with Crippen molar-refractivity contribution >= 4 is 49.2 Å². The van der Waals surface area contributed by atoms with Crippen molar-refractivity contribution in [3.8, 4) is 22.5 Å². The molecule has 0 spiro atoms. The smallest absolute Gasteiger partial charge is 0.305 e. The topological polar surface area (TPSA) is 25.8 Å². The Morgan fingerprint density at radius 1 is 0.800 bits per heavy atom. The van der Waals surface area contributed by atoms with Crippen LogP contribution in [0.3, 0.4) is 0 Å². The number of thiophene rings is 1. The fourth-order valence-electron chi connectivity index (χ4n) is 5.99. The molecule has 0 N–H and O–H groups in total. The molecule has 0 aliphatic heterocycles. The normalized spacial score (nSPS) is 13.2. The summed E-state index contributed by atoms with van der Waals surface area (Å²) in [6.45, 7) is 6.04. The summed E-state index contributed by atoms with van der Waals surface area (Å²) in [6.07, 6.45) is -0.642. The molecule has 0 saturated carbocycles. The number of hydrogen-bond donors (Lipinski definition) is 0. The van der Waals surface area contributed by atoms with E-state index in [1.807, 2.05) is 68.4 Å². The summed E-state index contributed by atoms with van der Waals surface area (Å²) in [7, 11) is 0. The third-order valence-electron chi connectivity index (χ3n) is 8.56. The van der Waals surface area contributed by atoms with E-state index < -0.39 is 30.9 Å². The summed E-state index contributed by atoms with van der Waals surface area (Å²) in [5, 5.41) is 1.32. The average Bonchev–Trinajstić information content (AvgIpc) is 3.46. The number of halogens is 3. The Hall–Kier alpha value is -3.62. The van der Waals surface area contributed by atoms with E-state index in [0.717, 1.165) is 54.4 Å². The van der Waals surface area contributed by atoms with E-state index >= 15 is 0 Å². The van der Waals surface area contributed by atoms with E-state index in [4.69, 9.17) is 1.37 Å². The third kappa shape index (κ3) is 8.29. The molecule has 3 heterocycles. The molecule has 0 bridgehead atoms. The maximum atomic E-state index is 13.3. The predicted octanol–water partition coefficient (Wildman–Crippen LogP) is 11.8. The molecular formula is C42H37F3GeIrN2S-2. The molecule has 0 saturated heterocycles. The van der Waals surface area contributed by atoms with Crippen LogP contribution in [0.25, 0.3) is 42.7 Å². The maximum absolute atomic E-state index is 13.3. The molecule has 0 aliphatic carbocycles. The second-order valence-corrected chi connectivity index (χ2v) is 24.9. The van der Waals surface area contributed by atoms with Gasteiger partial charge in [-0.05, 0) is 58.1 Å². The quantitative estimate of drug-likeness (QED) is 0.127. The van der Waals surface area contributed by atoms with E-state index in [1.54, 1.807) is 18.3 Å². The number of pyridine rings is 2. The molecule has 1 unspecified atom stereocenters. The Morgan fingerprint density at radius 2 is 1.58 bits per heavy atom. The molecule has 257 valence electrons. The molecule has 0 amide bonds. The van der Waals surface area contributed by atoms with Crippen molar-refractivity contribution in [1.82, 2.24) is 9.97 Å². The fourth-order valence-corrected chi connectivity index (χ4v) is 10.8. The molecule has 0 fully saturated rings. The standard InChI is InChI=1S/C27H19F3NS.C15H18GeN.Ir/c1-16-5-3-6-18(13-16)17(2)19-11-12-31-24(14-19)22-8-4-7-21-23-15-20(27(28,29)30)9-10-25(23)32-26(21)22;1-12-10-15(13-8-6-5-7-9-13)17-11-14(12)16(2,3)4;/h3-7,9-15,17H,1-2H3;5-8,10-11H,1-4H3;/q2*-1;/i17D;;. The van der Waals surface area contributed by atoms with Crippen LogP contribution >= 0.6 is 11.3 Å². The molecule has 4 aromatic carbocycles. The number of hydrogen-bond acceptors (Lipinski definition) is 3. The van der Waals surface area contributed by atoms with E-state index in [2.05, 4.69) is 64.6 Å². The first-order valence-electron chi connectivity index (χ1n) is 16.6. The van der Waals surface area contributed by atoms with Gasteiger partial charge in [-0.1, -0.05) is 48.2 Å². The van der Waals surface area contributed by atoms with Crippen molar-refractivity contribution in [1.29, 1.82) is 0 Å². The minimum atomic E-state index is -4.39. The minimum absolute atomic E-state index is 0. The molecule has 1 atom stereocenters. The summed E-state index contributed by atoms with van der Waals surface area (Å²) in [5.74, 6) is 6.22. The van der Waals surface area contributed by atoms with Crippen LogP contribution < -0.4 is 4.40 Å². The van der Waals surface area contributed by atoms with E-state index in [-0.39, 0.29) is 20.1 Å². The van der Waals surface area contributed by atoms with Crippen LogP contribution in [-0.4, -0.2) is 23.2 Å². The van der Waals surface area contributed by atoms with Gasteiger partial charge in [-0.2, -0.15) is 24.5 Å². The largest absolute Gasteiger partial charge is 0.416 e. The fraction of sp³-hybridized carbons (Fsp3) is 0.190. The number of nitrogens with zero attached hydrogens (tertiary/aromatic N) is 2. The van der Waals surface area contributed by atoms with E-state index in [9.17, 15) is 13.2 Å². The molecule has 8 heteroatoms. The Labute approximate surface area is 314 Å². The van der Waals surface area contributed by atoms with Crippen molar-refractivity contribution in [2.45, 2.75) is 50.1 Å². The van der Waals surface area contributed by atoms with E-state index in [1.165, 1.54) is 33.4 Å². The Balaban J connectivity index is 0.000000237. The molecule has 0 aliphatic rings. The Kier molecular flexibility index (Phi) is 11.1. The number of aromatic nitrogens is 2. The van der Waals surface area contributed by atoms with Gasteiger partial charge in [0.25, 0.3) is 0 Å². The number of alkyl halides is 3. The van der Waals surface area contributed by atoms with Gasteiger partial charge in [0.15, 0.2) is 0 Å². The molecule has 7 aromatic rings. The zero-order valence-electron chi connectivity index (χ0n) is 29.7. The number of aryl methyl sites for hydroxylation is 2. The van der Waals surface area contributed by atoms with Gasteiger partial charge < -0.3 is 4.98 Å². The molecular weight excluding hydrogens is 886 g/mol. The van der Waals surface area contributed by atoms with Crippen LogP contribution in [0, 0.1) is 26.0 Å². The minimum Gasteiger partial charge on any atom is -0.305 e. The molecule has 50 heavy (non-hydrogen) atoms. The number of benzene rings is 4.